The molecule has 1 unspecified atom stereocenters. The van der Waals surface area contributed by atoms with E-state index < -0.39 is 0 Å². The summed E-state index contributed by atoms with van der Waals surface area (Å²) in [7, 11) is 2.15. The van der Waals surface area contributed by atoms with Crippen LogP contribution in [-0.2, 0) is 6.54 Å². The molecule has 130 valence electrons. The Balaban J connectivity index is 1.53. The Hall–Kier alpha value is -1.83. The van der Waals surface area contributed by atoms with Crippen LogP contribution in [0.2, 0.25) is 0 Å². The maximum Gasteiger partial charge on any atom is 0.315 e. The van der Waals surface area contributed by atoms with Crippen molar-refractivity contribution < 1.29 is 9.21 Å². The molecule has 2 aromatic rings. The number of amides is 2. The van der Waals surface area contributed by atoms with Gasteiger partial charge in [0, 0.05) is 49.7 Å². The summed E-state index contributed by atoms with van der Waals surface area (Å²) in [5.41, 5.74) is 0.957. The van der Waals surface area contributed by atoms with Gasteiger partial charge in [-0.15, -0.1) is 11.3 Å². The molecular formula is C17H24N4O2S. The van der Waals surface area contributed by atoms with E-state index in [0.29, 0.717) is 13.1 Å². The topological polar surface area (TPSA) is 60.8 Å². The molecule has 7 heteroatoms. The van der Waals surface area contributed by atoms with E-state index in [1.165, 1.54) is 4.88 Å². The Labute approximate surface area is 146 Å². The maximum atomic E-state index is 12.1. The fourth-order valence-corrected chi connectivity index (χ4v) is 3.71. The lowest BCUT2D eigenvalue weighted by atomic mass is 10.1. The van der Waals surface area contributed by atoms with Crippen LogP contribution in [0.15, 0.2) is 40.5 Å². The number of carbonyl (C=O) groups excluding carboxylic acids is 1. The number of urea groups is 1. The second kappa shape index (κ2) is 8.32. The van der Waals surface area contributed by atoms with Crippen molar-refractivity contribution in [2.45, 2.75) is 12.6 Å². The number of rotatable bonds is 6. The van der Waals surface area contributed by atoms with E-state index >= 15 is 0 Å². The number of piperazine rings is 1. The van der Waals surface area contributed by atoms with E-state index in [4.69, 9.17) is 4.42 Å². The van der Waals surface area contributed by atoms with Gasteiger partial charge in [0.2, 0.25) is 0 Å². The Morgan fingerprint density at radius 3 is 2.79 bits per heavy atom. The van der Waals surface area contributed by atoms with Gasteiger partial charge in [-0.1, -0.05) is 6.07 Å². The molecule has 2 N–H and O–H groups in total. The standard InChI is InChI=1S/C17H24N4O2S/c1-20-5-7-21(8-6-20)15(16-3-2-10-24-16)12-19-17(22)18-11-14-4-9-23-13-14/h2-4,9-10,13,15H,5-8,11-12H2,1H3,(H2,18,19,22). The van der Waals surface area contributed by atoms with Crippen molar-refractivity contribution in [1.29, 1.82) is 0 Å². The van der Waals surface area contributed by atoms with E-state index in [1.807, 2.05) is 6.07 Å². The smallest absolute Gasteiger partial charge is 0.315 e. The van der Waals surface area contributed by atoms with Crippen LogP contribution in [0.1, 0.15) is 16.5 Å². The average Bonchev–Trinajstić information content (AvgIpc) is 3.28. The minimum atomic E-state index is -0.146. The highest BCUT2D eigenvalue weighted by molar-refractivity contribution is 7.10. The summed E-state index contributed by atoms with van der Waals surface area (Å²) in [5, 5.41) is 7.97. The molecule has 0 spiro atoms. The predicted molar refractivity (Wildman–Crippen MR) is 95.1 cm³/mol. The lowest BCUT2D eigenvalue weighted by molar-refractivity contribution is 0.112. The van der Waals surface area contributed by atoms with Crippen LogP contribution in [0.5, 0.6) is 0 Å². The zero-order valence-electron chi connectivity index (χ0n) is 13.9. The molecule has 2 aromatic heterocycles. The first-order valence-electron chi connectivity index (χ1n) is 8.21. The number of likely N-dealkylation sites (N-methyl/N-ethyl adjacent to an activating group) is 1. The molecule has 3 heterocycles. The summed E-state index contributed by atoms with van der Waals surface area (Å²) in [6.45, 7) is 5.26. The van der Waals surface area contributed by atoms with Gasteiger partial charge >= 0.3 is 6.03 Å². The van der Waals surface area contributed by atoms with Gasteiger partial charge in [-0.05, 0) is 24.6 Å². The second-order valence-corrected chi connectivity index (χ2v) is 7.04. The van der Waals surface area contributed by atoms with Crippen molar-refractivity contribution >= 4 is 17.4 Å². The van der Waals surface area contributed by atoms with E-state index in [2.05, 4.69) is 45.0 Å². The van der Waals surface area contributed by atoms with E-state index in [1.54, 1.807) is 23.9 Å². The highest BCUT2D eigenvalue weighted by atomic mass is 32.1. The van der Waals surface area contributed by atoms with Crippen molar-refractivity contribution in [2.75, 3.05) is 39.8 Å². The summed E-state index contributed by atoms with van der Waals surface area (Å²) in [5.74, 6) is 0. The van der Waals surface area contributed by atoms with Crippen LogP contribution in [0.3, 0.4) is 0 Å². The summed E-state index contributed by atoms with van der Waals surface area (Å²) in [6, 6.07) is 6.16. The third kappa shape index (κ3) is 4.59. The lowest BCUT2D eigenvalue weighted by Crippen LogP contribution is -2.49. The largest absolute Gasteiger partial charge is 0.472 e. The molecule has 0 bridgehead atoms. The van der Waals surface area contributed by atoms with Crippen molar-refractivity contribution in [1.82, 2.24) is 20.4 Å². The molecule has 3 rings (SSSR count). The molecule has 1 atom stereocenters. The van der Waals surface area contributed by atoms with E-state index in [0.717, 1.165) is 31.7 Å². The number of hydrogen-bond donors (Lipinski definition) is 2. The summed E-state index contributed by atoms with van der Waals surface area (Å²) >= 11 is 1.75. The van der Waals surface area contributed by atoms with Crippen LogP contribution in [-0.4, -0.2) is 55.6 Å². The van der Waals surface area contributed by atoms with Gasteiger partial charge in [0.25, 0.3) is 0 Å². The summed E-state index contributed by atoms with van der Waals surface area (Å²) < 4.78 is 5.00. The first-order valence-corrected chi connectivity index (χ1v) is 9.09. The number of furan rings is 1. The summed E-state index contributed by atoms with van der Waals surface area (Å²) in [6.07, 6.45) is 3.24. The van der Waals surface area contributed by atoms with Crippen molar-refractivity contribution in [3.63, 3.8) is 0 Å². The van der Waals surface area contributed by atoms with Gasteiger partial charge in [0.05, 0.1) is 18.6 Å². The normalized spacial score (nSPS) is 17.5. The second-order valence-electron chi connectivity index (χ2n) is 6.07. The third-order valence-electron chi connectivity index (χ3n) is 4.34. The monoisotopic (exact) mass is 348 g/mol. The lowest BCUT2D eigenvalue weighted by Gasteiger charge is -2.37. The zero-order chi connectivity index (χ0) is 16.8. The van der Waals surface area contributed by atoms with Crippen molar-refractivity contribution in [3.8, 4) is 0 Å². The molecule has 6 nitrogen and oxygen atoms in total. The predicted octanol–water partition coefficient (Wildman–Crippen LogP) is 2.13. The number of nitrogens with one attached hydrogen (secondary N) is 2. The molecule has 1 aliphatic heterocycles. The maximum absolute atomic E-state index is 12.1. The van der Waals surface area contributed by atoms with Gasteiger partial charge in [0.1, 0.15) is 0 Å². The van der Waals surface area contributed by atoms with Crippen molar-refractivity contribution in [3.05, 3.63) is 46.5 Å². The molecule has 0 aromatic carbocycles. The first-order chi connectivity index (χ1) is 11.7. The Morgan fingerprint density at radius 2 is 2.12 bits per heavy atom. The zero-order valence-corrected chi connectivity index (χ0v) is 14.7. The molecule has 1 fully saturated rings. The summed E-state index contributed by atoms with van der Waals surface area (Å²) in [4.78, 5) is 18.2. The van der Waals surface area contributed by atoms with Crippen molar-refractivity contribution in [2.24, 2.45) is 0 Å². The highest BCUT2D eigenvalue weighted by Crippen LogP contribution is 2.25. The van der Waals surface area contributed by atoms with E-state index in [9.17, 15) is 4.79 Å². The Bertz CT molecular complexity index is 607. The molecule has 0 radical (unpaired) electrons. The van der Waals surface area contributed by atoms with Gasteiger partial charge in [0.15, 0.2) is 0 Å². The SMILES string of the molecule is CN1CCN(C(CNC(=O)NCc2ccoc2)c2cccs2)CC1. The van der Waals surface area contributed by atoms with Gasteiger partial charge in [-0.3, -0.25) is 4.90 Å². The van der Waals surface area contributed by atoms with Crippen LogP contribution in [0.4, 0.5) is 4.79 Å². The highest BCUT2D eigenvalue weighted by Gasteiger charge is 2.25. The molecule has 24 heavy (non-hydrogen) atoms. The number of carbonyl (C=O) groups is 1. The molecule has 1 saturated heterocycles. The first kappa shape index (κ1) is 17.0. The minimum absolute atomic E-state index is 0.146. The fraction of sp³-hybridized carbons (Fsp3) is 0.471. The Kier molecular flexibility index (Phi) is 5.90. The Morgan fingerprint density at radius 1 is 1.29 bits per heavy atom. The third-order valence-corrected chi connectivity index (χ3v) is 5.31. The van der Waals surface area contributed by atoms with Gasteiger partial charge in [-0.25, -0.2) is 4.79 Å². The van der Waals surface area contributed by atoms with Gasteiger partial charge < -0.3 is 20.0 Å². The minimum Gasteiger partial charge on any atom is -0.472 e. The van der Waals surface area contributed by atoms with Crippen LogP contribution in [0.25, 0.3) is 0 Å². The van der Waals surface area contributed by atoms with Crippen LogP contribution >= 0.6 is 11.3 Å². The van der Waals surface area contributed by atoms with Crippen LogP contribution < -0.4 is 10.6 Å². The van der Waals surface area contributed by atoms with Crippen LogP contribution in [0, 0.1) is 0 Å². The molecule has 1 aliphatic rings. The molecule has 0 saturated carbocycles. The van der Waals surface area contributed by atoms with Gasteiger partial charge in [-0.2, -0.15) is 0 Å². The molecule has 0 aliphatic carbocycles. The van der Waals surface area contributed by atoms with E-state index in [-0.39, 0.29) is 12.1 Å². The molecule has 2 amide bonds. The number of nitrogens with zero attached hydrogens (tertiary/aromatic N) is 2. The quantitative estimate of drug-likeness (QED) is 0.840. The average molecular weight is 348 g/mol. The molecular weight excluding hydrogens is 324 g/mol. The number of hydrogen-bond acceptors (Lipinski definition) is 5. The number of thiophene rings is 1. The fourth-order valence-electron chi connectivity index (χ4n) is 2.85.